The van der Waals surface area contributed by atoms with Crippen LogP contribution in [0.3, 0.4) is 0 Å². The van der Waals surface area contributed by atoms with Gasteiger partial charge in [0.25, 0.3) is 0 Å². The van der Waals surface area contributed by atoms with Crippen molar-refractivity contribution >= 4 is 158 Å². The van der Waals surface area contributed by atoms with E-state index < -0.39 is 234 Å². The molecule has 39 heteroatoms. The molecule has 1 heterocycles. The van der Waals surface area contributed by atoms with Crippen molar-refractivity contribution in [3.8, 4) is 0 Å². The van der Waals surface area contributed by atoms with Crippen LogP contribution >= 0.6 is 25.3 Å². The number of aromatic nitrogens is 1. The number of carbonyl (C=O) groups excluding carboxylic acids is 16. The summed E-state index contributed by atoms with van der Waals surface area (Å²) >= 11 is 9.20. The lowest BCUT2D eigenvalue weighted by Gasteiger charge is -2.34. The molecule has 0 aliphatic heterocycles. The van der Waals surface area contributed by atoms with Crippen LogP contribution in [-0.4, -0.2) is 210 Å². The molecule has 6 rings (SSSR count). The quantitative estimate of drug-likeness (QED) is 0.0146. The summed E-state index contributed by atoms with van der Waals surface area (Å²) in [6, 6.07) is 14.5. The van der Waals surface area contributed by atoms with Crippen LogP contribution in [0.5, 0.6) is 0 Å². The van der Waals surface area contributed by atoms with E-state index in [9.17, 15) is 67.7 Å². The van der Waals surface area contributed by atoms with Crippen molar-refractivity contribution in [1.82, 2.24) is 68.8 Å². The summed E-state index contributed by atoms with van der Waals surface area (Å²) in [4.78, 5) is 237. The van der Waals surface area contributed by atoms with E-state index in [0.717, 1.165) is 24.6 Å². The summed E-state index contributed by atoms with van der Waals surface area (Å²) in [6.07, 6.45) is -5.27. The smallest absolute Gasteiger partial charge is 0.303 e. The molecule has 0 saturated heterocycles. The van der Waals surface area contributed by atoms with Crippen LogP contribution in [0.1, 0.15) is 129 Å². The number of primary amides is 4. The molecule has 0 bridgehead atoms. The van der Waals surface area contributed by atoms with Gasteiger partial charge in [-0.05, 0) is 131 Å². The third-order valence-electron chi connectivity index (χ3n) is 19.5. The molecule has 6 aromatic rings. The topological polar surface area (TPSA) is 621 Å². The zero-order valence-corrected chi connectivity index (χ0v) is 69.3. The summed E-state index contributed by atoms with van der Waals surface area (Å²) in [5.74, 6) is -17.9. The number of hydrogen-bond acceptors (Lipinski definition) is 21. The number of benzene rings is 5. The lowest BCUT2D eigenvalue weighted by atomic mass is 9.91. The van der Waals surface area contributed by atoms with E-state index in [0.29, 0.717) is 38.4 Å². The number of H-pyrrole nitrogens is 1. The number of carboxylic acids is 1. The van der Waals surface area contributed by atoms with E-state index in [1.54, 1.807) is 91.0 Å². The number of fused-ring (bicyclic) bond motifs is 3. The molecule has 0 radical (unpaired) electrons. The van der Waals surface area contributed by atoms with Gasteiger partial charge in [-0.3, -0.25) is 81.5 Å². The van der Waals surface area contributed by atoms with Crippen LogP contribution in [0.15, 0.2) is 115 Å². The van der Waals surface area contributed by atoms with Gasteiger partial charge in [-0.2, -0.15) is 25.3 Å². The van der Waals surface area contributed by atoms with Crippen molar-refractivity contribution in [3.05, 3.63) is 132 Å². The van der Waals surface area contributed by atoms with Crippen LogP contribution in [0.2, 0.25) is 0 Å². The fourth-order valence-electron chi connectivity index (χ4n) is 13.1. The molecule has 5 aromatic carbocycles. The minimum Gasteiger partial charge on any atom is -0.481 e. The number of aromatic amines is 1. The zero-order chi connectivity index (χ0) is 89.1. The fraction of sp³-hybridized carbons (Fsp3) is 0.444. The average molecular weight is 1700 g/mol. The van der Waals surface area contributed by atoms with Gasteiger partial charge in [0.15, 0.2) is 0 Å². The van der Waals surface area contributed by atoms with Crippen molar-refractivity contribution in [2.75, 3.05) is 13.1 Å². The van der Waals surface area contributed by atoms with Crippen LogP contribution in [0.4, 0.5) is 0 Å². The highest BCUT2D eigenvalue weighted by atomic mass is 32.1. The maximum atomic E-state index is 15.6. The maximum absolute atomic E-state index is 15.6. The first-order valence-electron chi connectivity index (χ1n) is 38.7. The Balaban J connectivity index is 1.38. The molecule has 16 amide bonds. The molecule has 0 spiro atoms. The van der Waals surface area contributed by atoms with Gasteiger partial charge < -0.3 is 108 Å². The number of thiol groups is 2. The van der Waals surface area contributed by atoms with E-state index in [2.05, 4.69) is 81.4 Å². The summed E-state index contributed by atoms with van der Waals surface area (Å²) in [7, 11) is 0. The Morgan fingerprint density at radius 2 is 0.883 bits per heavy atom. The second-order valence-corrected chi connectivity index (χ2v) is 33.0. The molecule has 0 aliphatic carbocycles. The van der Waals surface area contributed by atoms with Gasteiger partial charge in [0, 0.05) is 72.0 Å². The number of hydrogen-bond donors (Lipinski definition) is 22. The Hall–Kier alpha value is -12.2. The first kappa shape index (κ1) is 96.6. The van der Waals surface area contributed by atoms with E-state index >= 15 is 24.0 Å². The number of nitrogens with two attached hydrogens (primary N) is 5. The van der Waals surface area contributed by atoms with E-state index in [-0.39, 0.29) is 45.1 Å². The van der Waals surface area contributed by atoms with Crippen molar-refractivity contribution in [2.24, 2.45) is 28.7 Å². The van der Waals surface area contributed by atoms with Crippen LogP contribution in [0, 0.1) is 0 Å². The van der Waals surface area contributed by atoms with E-state index in [1.165, 1.54) is 40.8 Å². The standard InChI is InChI=1S/C81H108N18O19S2/c1-42(100)65(97-70(110)53(26-29-60(83)102)91-76(116)66(79(3,4)119)89-43(2)101)75(115)94-58(38-50-40-87-52-21-13-12-20-51(50)52)73(113)90-54(27-30-61(84)103)71(111)98-67(80(5,6)120)77(117)95-56(36-44-22-24-46-16-8-10-18-48(46)34-44)72(112)92-57(37-45-23-25-47-17-9-11-19-49(47)35-45)74(114)99-81(7,32-14-15-33-82)78(118)96-55(28-31-64(106)107)69(109)93-59(39-62(85)104)68(108)88-41-63(86)105/h8-13,16-25,34-35,40,42,53-59,65-67,87,100,119-120H,14-15,26-33,36-39,41,82H2,1-7H3,(H2,83,102)(H2,84,103)(H2,85,104)(H2,86,105)(H,88,108)(H,89,101)(H,90,113)(H,91,116)(H,92,112)(H,93,109)(H,94,115)(H,95,117)(H,96,118)(H,97,110)(H,98,111)(H,99,114)(H,106,107)/t42-,53+,54+,55+,56+,57+,58+,59+,65+,66-,67-,81+/m1/s1. The number of aliphatic hydroxyl groups is 1. The molecule has 0 fully saturated rings. The van der Waals surface area contributed by atoms with Gasteiger partial charge in [-0.15, -0.1) is 0 Å². The van der Waals surface area contributed by atoms with Gasteiger partial charge >= 0.3 is 5.97 Å². The highest BCUT2D eigenvalue weighted by Crippen LogP contribution is 2.26. The Bertz CT molecular complexity index is 4780. The zero-order valence-electron chi connectivity index (χ0n) is 67.5. The molecule has 0 unspecified atom stereocenters. The fourth-order valence-corrected chi connectivity index (χ4v) is 13.4. The lowest BCUT2D eigenvalue weighted by molar-refractivity contribution is -0.140. The summed E-state index contributed by atoms with van der Waals surface area (Å²) in [6.45, 7) is 8.82. The SMILES string of the molecule is CC(=O)N[C@H](C(=O)N[C@@H](CCC(N)=O)C(=O)N[C@H](C(=O)N[C@@H](Cc1c[nH]c2ccccc12)C(=O)N[C@@H](CCC(N)=O)C(=O)N[C@H](C(=O)N[C@@H](Cc1ccc2ccccc2c1)C(=O)N[C@@H](Cc1ccc2ccccc2c1)C(=O)N[C@@](C)(CCCCN)C(=O)N[C@@H](CCC(=O)O)C(=O)N[C@@H](CC(N)=O)C(=O)NCC(N)=O)C(C)(C)S)[C@@H](C)O)C(C)(C)S. The second-order valence-electron chi connectivity index (χ2n) is 30.7. The summed E-state index contributed by atoms with van der Waals surface area (Å²) < 4.78 is -2.84. The van der Waals surface area contributed by atoms with Crippen molar-refractivity contribution in [1.29, 1.82) is 0 Å². The minimum absolute atomic E-state index is 0.104. The summed E-state index contributed by atoms with van der Waals surface area (Å²) in [5, 5.41) is 54.8. The predicted octanol–water partition coefficient (Wildman–Crippen LogP) is -1.96. The number of carboxylic acid groups (broad SMARTS) is 1. The number of unbranched alkanes of at least 4 members (excludes halogenated alkanes) is 1. The molecular weight excluding hydrogens is 1590 g/mol. The van der Waals surface area contributed by atoms with Crippen molar-refractivity contribution < 1.29 is 91.7 Å². The number of para-hydroxylation sites is 1. The number of carbonyl (C=O) groups is 17. The lowest BCUT2D eigenvalue weighted by Crippen LogP contribution is -2.65. The van der Waals surface area contributed by atoms with E-state index in [4.69, 9.17) is 41.3 Å². The van der Waals surface area contributed by atoms with Gasteiger partial charge in [-0.25, -0.2) is 0 Å². The van der Waals surface area contributed by atoms with Crippen molar-refractivity contribution in [2.45, 2.75) is 213 Å². The third-order valence-corrected chi connectivity index (χ3v) is 20.1. The monoisotopic (exact) mass is 1700 g/mol. The molecule has 0 aliphatic rings. The Labute approximate surface area is 702 Å². The van der Waals surface area contributed by atoms with Gasteiger partial charge in [-0.1, -0.05) is 103 Å². The second kappa shape index (κ2) is 44.5. The van der Waals surface area contributed by atoms with E-state index in [1.807, 2.05) is 18.2 Å². The minimum atomic E-state index is -2.06. The maximum Gasteiger partial charge on any atom is 0.303 e. The molecule has 1 aromatic heterocycles. The Kier molecular flexibility index (Phi) is 35.9. The normalized spacial score (nSPS) is 14.7. The number of amides is 16. The average Bonchev–Trinajstić information content (AvgIpc) is 1.37. The van der Waals surface area contributed by atoms with Crippen LogP contribution in [0.25, 0.3) is 32.4 Å². The summed E-state index contributed by atoms with van der Waals surface area (Å²) in [5.41, 5.74) is 27.5. The molecule has 25 N–H and O–H groups in total. The largest absolute Gasteiger partial charge is 0.481 e. The van der Waals surface area contributed by atoms with Gasteiger partial charge in [0.1, 0.15) is 66.0 Å². The highest BCUT2D eigenvalue weighted by molar-refractivity contribution is 7.82. The number of aliphatic hydroxyl groups excluding tert-OH is 1. The first-order valence-corrected chi connectivity index (χ1v) is 39.5. The molecule has 0 saturated carbocycles. The molecule has 648 valence electrons. The first-order chi connectivity index (χ1) is 56.4. The number of aliphatic carboxylic acids is 1. The molecule has 12 atom stereocenters. The number of rotatable bonds is 48. The van der Waals surface area contributed by atoms with Gasteiger partial charge in [0.2, 0.25) is 94.5 Å². The molecular formula is C81H108N18O19S2. The predicted molar refractivity (Wildman–Crippen MR) is 449 cm³/mol. The van der Waals surface area contributed by atoms with Gasteiger partial charge in [0.05, 0.1) is 19.1 Å². The van der Waals surface area contributed by atoms with Crippen LogP contribution in [-0.2, 0) is 101 Å². The van der Waals surface area contributed by atoms with Crippen LogP contribution < -0.4 is 92.5 Å². The number of nitrogens with one attached hydrogen (secondary N) is 13. The Morgan fingerprint density at radius 3 is 1.38 bits per heavy atom. The molecule has 37 nitrogen and oxygen atoms in total. The third kappa shape index (κ3) is 30.0. The Morgan fingerprint density at radius 1 is 0.450 bits per heavy atom. The van der Waals surface area contributed by atoms with Crippen molar-refractivity contribution in [3.63, 3.8) is 0 Å². The highest BCUT2D eigenvalue weighted by Gasteiger charge is 2.44. The molecule has 120 heavy (non-hydrogen) atoms.